The summed E-state index contributed by atoms with van der Waals surface area (Å²) in [4.78, 5) is 0. The summed E-state index contributed by atoms with van der Waals surface area (Å²) < 4.78 is 23.6. The van der Waals surface area contributed by atoms with Crippen molar-refractivity contribution in [3.8, 4) is 0 Å². The number of aryl methyl sites for hydroxylation is 2. The number of sulfone groups is 1. The summed E-state index contributed by atoms with van der Waals surface area (Å²) >= 11 is 6.08. The summed E-state index contributed by atoms with van der Waals surface area (Å²) in [6.07, 6.45) is 1.85. The first kappa shape index (κ1) is 14.5. The second-order valence-corrected chi connectivity index (χ2v) is 6.77. The smallest absolute Gasteiger partial charge is 0.147 e. The van der Waals surface area contributed by atoms with E-state index in [2.05, 4.69) is 10.4 Å². The molecule has 1 aromatic heterocycles. The van der Waals surface area contributed by atoms with E-state index < -0.39 is 9.84 Å². The molecule has 0 amide bonds. The average molecular weight is 280 g/mol. The molecule has 0 aliphatic carbocycles. The molecule has 0 spiro atoms. The molecule has 1 heterocycles. The highest BCUT2D eigenvalue weighted by atomic mass is 35.5. The third kappa shape index (κ3) is 4.65. The van der Waals surface area contributed by atoms with E-state index in [0.717, 1.165) is 11.4 Å². The van der Waals surface area contributed by atoms with Crippen molar-refractivity contribution in [1.82, 2.24) is 15.1 Å². The van der Waals surface area contributed by atoms with Gasteiger partial charge in [-0.1, -0.05) is 11.6 Å². The van der Waals surface area contributed by atoms with Crippen LogP contribution in [0.1, 0.15) is 17.8 Å². The van der Waals surface area contributed by atoms with Crippen LogP contribution >= 0.6 is 11.6 Å². The van der Waals surface area contributed by atoms with Crippen LogP contribution in [-0.4, -0.2) is 36.8 Å². The van der Waals surface area contributed by atoms with Gasteiger partial charge in [0.1, 0.15) is 9.84 Å². The Labute approximate surface area is 107 Å². The van der Waals surface area contributed by atoms with Gasteiger partial charge in [0, 0.05) is 19.8 Å². The Morgan fingerprint density at radius 1 is 1.47 bits per heavy atom. The molecule has 1 rings (SSSR count). The minimum Gasteiger partial charge on any atom is -0.311 e. The van der Waals surface area contributed by atoms with Crippen molar-refractivity contribution in [1.29, 1.82) is 0 Å². The van der Waals surface area contributed by atoms with Gasteiger partial charge >= 0.3 is 0 Å². The minimum absolute atomic E-state index is 0.206. The minimum atomic E-state index is -2.87. The molecule has 0 saturated heterocycles. The van der Waals surface area contributed by atoms with Crippen LogP contribution in [0.15, 0.2) is 0 Å². The van der Waals surface area contributed by atoms with Crippen LogP contribution < -0.4 is 5.32 Å². The summed E-state index contributed by atoms with van der Waals surface area (Å²) in [5.74, 6) is 0.206. The molecule has 0 unspecified atom stereocenters. The predicted octanol–water partition coefficient (Wildman–Crippen LogP) is 0.906. The lowest BCUT2D eigenvalue weighted by molar-refractivity contribution is 0.589. The maximum absolute atomic E-state index is 10.9. The van der Waals surface area contributed by atoms with Crippen molar-refractivity contribution in [2.24, 2.45) is 7.05 Å². The Bertz CT molecular complexity index is 482. The van der Waals surface area contributed by atoms with Gasteiger partial charge in [-0.25, -0.2) is 8.42 Å². The standard InChI is InChI=1S/C10H18ClN3O2S/c1-8-10(11)9(14(2)13-8)7-12-5-4-6-17(3,15)16/h12H,4-7H2,1-3H3. The molecule has 0 radical (unpaired) electrons. The molecule has 0 aliphatic rings. The molecule has 0 aromatic carbocycles. The largest absolute Gasteiger partial charge is 0.311 e. The Morgan fingerprint density at radius 2 is 2.12 bits per heavy atom. The van der Waals surface area contributed by atoms with Crippen molar-refractivity contribution in [3.05, 3.63) is 16.4 Å². The van der Waals surface area contributed by atoms with Gasteiger partial charge in [-0.05, 0) is 19.9 Å². The van der Waals surface area contributed by atoms with E-state index in [-0.39, 0.29) is 5.75 Å². The highest BCUT2D eigenvalue weighted by Gasteiger charge is 2.10. The summed E-state index contributed by atoms with van der Waals surface area (Å²) in [6, 6.07) is 0. The number of nitrogens with zero attached hydrogens (tertiary/aromatic N) is 2. The van der Waals surface area contributed by atoms with Crippen LogP contribution in [0.2, 0.25) is 5.02 Å². The van der Waals surface area contributed by atoms with Crippen LogP contribution in [-0.2, 0) is 23.4 Å². The predicted molar refractivity (Wildman–Crippen MR) is 69.0 cm³/mol. The van der Waals surface area contributed by atoms with Gasteiger partial charge in [0.2, 0.25) is 0 Å². The van der Waals surface area contributed by atoms with Gasteiger partial charge in [-0.3, -0.25) is 4.68 Å². The maximum Gasteiger partial charge on any atom is 0.147 e. The maximum atomic E-state index is 10.9. The molecule has 5 nitrogen and oxygen atoms in total. The monoisotopic (exact) mass is 279 g/mol. The normalized spacial score (nSPS) is 12.0. The van der Waals surface area contributed by atoms with E-state index in [1.54, 1.807) is 4.68 Å². The van der Waals surface area contributed by atoms with Crippen LogP contribution in [0.5, 0.6) is 0 Å². The zero-order valence-electron chi connectivity index (χ0n) is 10.3. The first-order chi connectivity index (χ1) is 7.81. The third-order valence-electron chi connectivity index (χ3n) is 2.42. The van der Waals surface area contributed by atoms with E-state index >= 15 is 0 Å². The summed E-state index contributed by atoms with van der Waals surface area (Å²) in [6.45, 7) is 3.10. The molecule has 0 bridgehead atoms. The quantitative estimate of drug-likeness (QED) is 0.786. The number of nitrogens with one attached hydrogen (secondary N) is 1. The topological polar surface area (TPSA) is 64.0 Å². The molecule has 0 atom stereocenters. The van der Waals surface area contributed by atoms with E-state index in [1.807, 2.05) is 14.0 Å². The molecule has 0 aliphatic heterocycles. The molecule has 7 heteroatoms. The number of rotatable bonds is 6. The Morgan fingerprint density at radius 3 is 2.59 bits per heavy atom. The number of halogens is 1. The van der Waals surface area contributed by atoms with E-state index in [4.69, 9.17) is 11.6 Å². The fourth-order valence-corrected chi connectivity index (χ4v) is 2.43. The molecular weight excluding hydrogens is 262 g/mol. The van der Waals surface area contributed by atoms with Gasteiger partial charge in [0.25, 0.3) is 0 Å². The van der Waals surface area contributed by atoms with Gasteiger partial charge in [-0.15, -0.1) is 0 Å². The lowest BCUT2D eigenvalue weighted by Crippen LogP contribution is -2.19. The molecule has 0 saturated carbocycles. The second-order valence-electron chi connectivity index (χ2n) is 4.13. The van der Waals surface area contributed by atoms with Crippen LogP contribution in [0.3, 0.4) is 0 Å². The van der Waals surface area contributed by atoms with Crippen molar-refractivity contribution in [3.63, 3.8) is 0 Å². The van der Waals surface area contributed by atoms with Crippen LogP contribution in [0.25, 0.3) is 0 Å². The first-order valence-corrected chi connectivity index (χ1v) is 7.81. The molecule has 98 valence electrons. The SMILES string of the molecule is Cc1nn(C)c(CNCCCS(C)(=O)=O)c1Cl. The molecular formula is C10H18ClN3O2S. The average Bonchev–Trinajstić information content (AvgIpc) is 2.42. The summed E-state index contributed by atoms with van der Waals surface area (Å²) in [7, 11) is -1.03. The molecule has 1 N–H and O–H groups in total. The van der Waals surface area contributed by atoms with E-state index in [1.165, 1.54) is 6.26 Å². The first-order valence-electron chi connectivity index (χ1n) is 5.37. The molecule has 0 fully saturated rings. The lowest BCUT2D eigenvalue weighted by Gasteiger charge is -2.05. The fraction of sp³-hybridized carbons (Fsp3) is 0.700. The zero-order chi connectivity index (χ0) is 13.1. The highest BCUT2D eigenvalue weighted by Crippen LogP contribution is 2.18. The van der Waals surface area contributed by atoms with Crippen molar-refractivity contribution < 1.29 is 8.42 Å². The molecule has 1 aromatic rings. The second kappa shape index (κ2) is 5.84. The van der Waals surface area contributed by atoms with Gasteiger partial charge in [0.05, 0.1) is 22.2 Å². The highest BCUT2D eigenvalue weighted by molar-refractivity contribution is 7.90. The van der Waals surface area contributed by atoms with E-state index in [9.17, 15) is 8.42 Å². The van der Waals surface area contributed by atoms with Gasteiger partial charge in [0.15, 0.2) is 0 Å². The fourth-order valence-electron chi connectivity index (χ4n) is 1.54. The molecule has 17 heavy (non-hydrogen) atoms. The third-order valence-corrected chi connectivity index (χ3v) is 3.94. The Balaban J connectivity index is 2.37. The van der Waals surface area contributed by atoms with Crippen LogP contribution in [0.4, 0.5) is 0 Å². The Hall–Kier alpha value is -0.590. The van der Waals surface area contributed by atoms with E-state index in [0.29, 0.717) is 24.5 Å². The summed E-state index contributed by atoms with van der Waals surface area (Å²) in [5, 5.41) is 8.03. The van der Waals surface area contributed by atoms with Gasteiger partial charge in [-0.2, -0.15) is 5.10 Å². The Kier molecular flexibility index (Phi) is 4.97. The van der Waals surface area contributed by atoms with Crippen molar-refractivity contribution in [2.45, 2.75) is 19.9 Å². The van der Waals surface area contributed by atoms with Crippen LogP contribution in [0, 0.1) is 6.92 Å². The zero-order valence-corrected chi connectivity index (χ0v) is 11.9. The van der Waals surface area contributed by atoms with Crippen molar-refractivity contribution in [2.75, 3.05) is 18.6 Å². The number of hydrogen-bond acceptors (Lipinski definition) is 4. The number of aromatic nitrogens is 2. The van der Waals surface area contributed by atoms with Crippen molar-refractivity contribution >= 4 is 21.4 Å². The lowest BCUT2D eigenvalue weighted by atomic mass is 10.3. The van der Waals surface area contributed by atoms with Gasteiger partial charge < -0.3 is 5.32 Å². The summed E-state index contributed by atoms with van der Waals surface area (Å²) in [5.41, 5.74) is 1.73. The number of hydrogen-bond donors (Lipinski definition) is 1.